The number of methoxy groups -OCH3 is 1. The molecule has 4 aromatic rings. The van der Waals surface area contributed by atoms with Gasteiger partial charge in [-0.25, -0.2) is 4.98 Å². The summed E-state index contributed by atoms with van der Waals surface area (Å²) in [4.78, 5) is 17.5. The van der Waals surface area contributed by atoms with Gasteiger partial charge in [0.25, 0.3) is 5.91 Å². The Morgan fingerprint density at radius 2 is 1.69 bits per heavy atom. The van der Waals surface area contributed by atoms with E-state index in [1.807, 2.05) is 30.3 Å². The van der Waals surface area contributed by atoms with Crippen molar-refractivity contribution >= 4 is 16.9 Å². The first kappa shape index (κ1) is 24.3. The van der Waals surface area contributed by atoms with E-state index in [2.05, 4.69) is 48.0 Å². The fourth-order valence-corrected chi connectivity index (χ4v) is 4.35. The molecule has 1 heterocycles. The van der Waals surface area contributed by atoms with Gasteiger partial charge >= 0.3 is 0 Å². The number of ether oxygens (including phenoxy) is 2. The first-order valence-corrected chi connectivity index (χ1v) is 12.1. The van der Waals surface area contributed by atoms with Gasteiger partial charge in [-0.3, -0.25) is 4.79 Å². The summed E-state index contributed by atoms with van der Waals surface area (Å²) in [6, 6.07) is 21.6. The Balaban J connectivity index is 1.36. The molecule has 4 rings (SSSR count). The van der Waals surface area contributed by atoms with Gasteiger partial charge in [0.05, 0.1) is 30.3 Å². The number of amides is 1. The molecule has 1 N–H and O–H groups in total. The van der Waals surface area contributed by atoms with Gasteiger partial charge < -0.3 is 19.4 Å². The number of para-hydroxylation sites is 4. The molecule has 0 fully saturated rings. The molecule has 0 spiro atoms. The maximum Gasteiger partial charge on any atom is 0.255 e. The number of nitrogens with zero attached hydrogens (tertiary/aromatic N) is 2. The quantitative estimate of drug-likeness (QED) is 0.294. The zero-order valence-corrected chi connectivity index (χ0v) is 20.7. The van der Waals surface area contributed by atoms with Crippen LogP contribution in [0, 0.1) is 13.8 Å². The van der Waals surface area contributed by atoms with Gasteiger partial charge in [0.1, 0.15) is 17.3 Å². The van der Waals surface area contributed by atoms with E-state index in [-0.39, 0.29) is 5.91 Å². The first-order valence-electron chi connectivity index (χ1n) is 12.1. The van der Waals surface area contributed by atoms with Crippen molar-refractivity contribution in [3.63, 3.8) is 0 Å². The van der Waals surface area contributed by atoms with E-state index in [1.54, 1.807) is 19.2 Å². The van der Waals surface area contributed by atoms with Crippen molar-refractivity contribution in [1.82, 2.24) is 14.9 Å². The van der Waals surface area contributed by atoms with E-state index in [1.165, 1.54) is 11.1 Å². The van der Waals surface area contributed by atoms with Gasteiger partial charge in [0.2, 0.25) is 0 Å². The number of carbonyl (C=O) groups excluding carboxylic acids is 1. The summed E-state index contributed by atoms with van der Waals surface area (Å²) < 4.78 is 13.6. The Labute approximate surface area is 206 Å². The molecule has 0 bridgehead atoms. The van der Waals surface area contributed by atoms with Crippen LogP contribution in [0.25, 0.3) is 11.0 Å². The van der Waals surface area contributed by atoms with Crippen molar-refractivity contribution in [3.8, 4) is 11.5 Å². The number of hydrogen-bond acceptors (Lipinski definition) is 4. The number of imidazole rings is 1. The summed E-state index contributed by atoms with van der Waals surface area (Å²) in [6.07, 6.45) is 2.57. The molecule has 0 unspecified atom stereocenters. The molecule has 3 aromatic carbocycles. The SMILES string of the molecule is COc1ccccc1C(=O)NCCc1nc2ccccc2n1CCCCOc1c(C)cccc1C. The van der Waals surface area contributed by atoms with Crippen molar-refractivity contribution in [3.05, 3.63) is 89.2 Å². The molecule has 0 saturated carbocycles. The lowest BCUT2D eigenvalue weighted by atomic mass is 10.1. The van der Waals surface area contributed by atoms with Gasteiger partial charge in [-0.2, -0.15) is 0 Å². The highest BCUT2D eigenvalue weighted by Gasteiger charge is 2.13. The van der Waals surface area contributed by atoms with Crippen LogP contribution in [0.15, 0.2) is 66.7 Å². The second-order valence-electron chi connectivity index (χ2n) is 8.65. The maximum absolute atomic E-state index is 12.6. The van der Waals surface area contributed by atoms with Crippen LogP contribution in [0.1, 0.15) is 40.2 Å². The molecule has 0 aliphatic carbocycles. The summed E-state index contributed by atoms with van der Waals surface area (Å²) in [6.45, 7) is 6.20. The number of carbonyl (C=O) groups is 1. The van der Waals surface area contributed by atoms with E-state index in [9.17, 15) is 4.79 Å². The number of fused-ring (bicyclic) bond motifs is 1. The lowest BCUT2D eigenvalue weighted by Gasteiger charge is -2.13. The number of hydrogen-bond donors (Lipinski definition) is 1. The minimum absolute atomic E-state index is 0.145. The van der Waals surface area contributed by atoms with E-state index < -0.39 is 0 Å². The third-order valence-corrected chi connectivity index (χ3v) is 6.15. The minimum Gasteiger partial charge on any atom is -0.496 e. The highest BCUT2D eigenvalue weighted by Crippen LogP contribution is 2.23. The van der Waals surface area contributed by atoms with Crippen molar-refractivity contribution in [2.24, 2.45) is 0 Å². The Bertz CT molecular complexity index is 1280. The molecule has 0 atom stereocenters. The first-order chi connectivity index (χ1) is 17.1. The fourth-order valence-electron chi connectivity index (χ4n) is 4.35. The average Bonchev–Trinajstić information content (AvgIpc) is 3.22. The smallest absolute Gasteiger partial charge is 0.255 e. The predicted octanol–water partition coefficient (Wildman–Crippen LogP) is 5.49. The summed E-state index contributed by atoms with van der Waals surface area (Å²) >= 11 is 0. The Morgan fingerprint density at radius 1 is 0.943 bits per heavy atom. The Kier molecular flexibility index (Phi) is 8.03. The third kappa shape index (κ3) is 5.83. The molecule has 6 heteroatoms. The lowest BCUT2D eigenvalue weighted by molar-refractivity contribution is 0.0951. The minimum atomic E-state index is -0.145. The second-order valence-corrected chi connectivity index (χ2v) is 8.65. The van der Waals surface area contributed by atoms with Crippen LogP contribution in [0.3, 0.4) is 0 Å². The standard InChI is InChI=1S/C29H33N3O3/c1-21-11-10-12-22(2)28(21)35-20-9-8-19-32-25-15-6-5-14-24(25)31-27(32)17-18-30-29(33)23-13-4-7-16-26(23)34-3/h4-7,10-16H,8-9,17-20H2,1-3H3,(H,30,33). The normalized spacial score (nSPS) is 10.9. The predicted molar refractivity (Wildman–Crippen MR) is 139 cm³/mol. The maximum atomic E-state index is 12.6. The molecule has 0 aliphatic rings. The molecular formula is C29H33N3O3. The fraction of sp³-hybridized carbons (Fsp3) is 0.310. The van der Waals surface area contributed by atoms with Crippen LogP contribution in [0.5, 0.6) is 11.5 Å². The third-order valence-electron chi connectivity index (χ3n) is 6.15. The van der Waals surface area contributed by atoms with Crippen LogP contribution in [0.4, 0.5) is 0 Å². The number of aromatic nitrogens is 2. The molecule has 1 aromatic heterocycles. The molecule has 0 saturated heterocycles. The van der Waals surface area contributed by atoms with Crippen molar-refractivity contribution < 1.29 is 14.3 Å². The molecule has 182 valence electrons. The van der Waals surface area contributed by atoms with Gasteiger partial charge in [0.15, 0.2) is 0 Å². The van der Waals surface area contributed by atoms with Gasteiger partial charge in [-0.15, -0.1) is 0 Å². The van der Waals surface area contributed by atoms with Gasteiger partial charge in [-0.05, 0) is 62.1 Å². The highest BCUT2D eigenvalue weighted by molar-refractivity contribution is 5.96. The molecule has 1 amide bonds. The average molecular weight is 472 g/mol. The van der Waals surface area contributed by atoms with E-state index in [4.69, 9.17) is 14.5 Å². The van der Waals surface area contributed by atoms with Crippen LogP contribution >= 0.6 is 0 Å². The number of benzene rings is 3. The van der Waals surface area contributed by atoms with Crippen LogP contribution in [-0.2, 0) is 13.0 Å². The lowest BCUT2D eigenvalue weighted by Crippen LogP contribution is -2.27. The van der Waals surface area contributed by atoms with Crippen molar-refractivity contribution in [2.45, 2.75) is 39.7 Å². The summed E-state index contributed by atoms with van der Waals surface area (Å²) in [5.74, 6) is 2.39. The highest BCUT2D eigenvalue weighted by atomic mass is 16.5. The molecule has 35 heavy (non-hydrogen) atoms. The zero-order chi connectivity index (χ0) is 24.6. The zero-order valence-electron chi connectivity index (χ0n) is 20.7. The van der Waals surface area contributed by atoms with E-state index in [0.29, 0.717) is 30.9 Å². The van der Waals surface area contributed by atoms with Crippen molar-refractivity contribution in [2.75, 3.05) is 20.3 Å². The number of nitrogens with one attached hydrogen (secondary N) is 1. The van der Waals surface area contributed by atoms with E-state index >= 15 is 0 Å². The van der Waals surface area contributed by atoms with E-state index in [0.717, 1.165) is 42.0 Å². The molecule has 6 nitrogen and oxygen atoms in total. The van der Waals surface area contributed by atoms with Gasteiger partial charge in [0, 0.05) is 19.5 Å². The van der Waals surface area contributed by atoms with Crippen LogP contribution in [-0.4, -0.2) is 35.7 Å². The molecular weight excluding hydrogens is 438 g/mol. The monoisotopic (exact) mass is 471 g/mol. The number of unbranched alkanes of at least 4 members (excludes halogenated alkanes) is 1. The molecule has 0 aliphatic heterocycles. The topological polar surface area (TPSA) is 65.4 Å². The summed E-state index contributed by atoms with van der Waals surface area (Å²) in [5.41, 5.74) is 4.97. The second kappa shape index (κ2) is 11.6. The van der Waals surface area contributed by atoms with Crippen molar-refractivity contribution in [1.29, 1.82) is 0 Å². The molecule has 0 radical (unpaired) electrons. The number of rotatable bonds is 11. The van der Waals surface area contributed by atoms with Gasteiger partial charge in [-0.1, -0.05) is 42.5 Å². The van der Waals surface area contributed by atoms with Crippen LogP contribution in [0.2, 0.25) is 0 Å². The Morgan fingerprint density at radius 3 is 2.49 bits per heavy atom. The largest absolute Gasteiger partial charge is 0.496 e. The number of aryl methyl sites for hydroxylation is 3. The summed E-state index contributed by atoms with van der Waals surface area (Å²) in [7, 11) is 1.57. The summed E-state index contributed by atoms with van der Waals surface area (Å²) in [5, 5.41) is 3.01. The van der Waals surface area contributed by atoms with Crippen LogP contribution < -0.4 is 14.8 Å². The Hall–Kier alpha value is -3.80.